The third kappa shape index (κ3) is 2.59. The summed E-state index contributed by atoms with van der Waals surface area (Å²) in [5.74, 6) is 0.467. The Hall–Kier alpha value is -3.72. The van der Waals surface area contributed by atoms with Crippen LogP contribution in [0.4, 0.5) is 0 Å². The van der Waals surface area contributed by atoms with Crippen LogP contribution in [0.1, 0.15) is 25.3 Å². The van der Waals surface area contributed by atoms with Gasteiger partial charge in [-0.25, -0.2) is 9.97 Å². The van der Waals surface area contributed by atoms with Gasteiger partial charge in [-0.15, -0.1) is 0 Å². The van der Waals surface area contributed by atoms with E-state index in [0.29, 0.717) is 5.92 Å². The Balaban J connectivity index is 1.73. The first kappa shape index (κ1) is 18.1. The van der Waals surface area contributed by atoms with E-state index < -0.39 is 0 Å². The Morgan fingerprint density at radius 1 is 0.742 bits per heavy atom. The van der Waals surface area contributed by atoms with E-state index in [1.54, 1.807) is 6.33 Å². The Morgan fingerprint density at radius 2 is 1.45 bits per heavy atom. The molecule has 4 aromatic carbocycles. The number of fused-ring (bicyclic) bond motifs is 5. The largest absolute Gasteiger partial charge is 0.340 e. The van der Waals surface area contributed by atoms with Crippen molar-refractivity contribution in [2.24, 2.45) is 7.05 Å². The highest BCUT2D eigenvalue weighted by Gasteiger charge is 2.18. The van der Waals surface area contributed by atoms with Gasteiger partial charge in [0.2, 0.25) is 0 Å². The summed E-state index contributed by atoms with van der Waals surface area (Å²) in [6, 6.07) is 26.2. The Labute approximate surface area is 181 Å². The van der Waals surface area contributed by atoms with Crippen molar-refractivity contribution in [3.8, 4) is 11.3 Å². The maximum absolute atomic E-state index is 4.80. The molecule has 6 aromatic rings. The molecule has 6 rings (SSSR count). The Kier molecular flexibility index (Phi) is 3.87. The number of aromatic nitrogens is 3. The Morgan fingerprint density at radius 3 is 2.23 bits per heavy atom. The van der Waals surface area contributed by atoms with Gasteiger partial charge in [0.05, 0.1) is 16.7 Å². The summed E-state index contributed by atoms with van der Waals surface area (Å²) in [5, 5.41) is 6.18. The van der Waals surface area contributed by atoms with E-state index in [4.69, 9.17) is 9.97 Å². The lowest BCUT2D eigenvalue weighted by Gasteiger charge is -2.14. The molecule has 0 saturated carbocycles. The number of aryl methyl sites for hydroxylation is 1. The summed E-state index contributed by atoms with van der Waals surface area (Å²) in [7, 11) is 2.12. The molecule has 0 aliphatic rings. The van der Waals surface area contributed by atoms with Gasteiger partial charge in [0.1, 0.15) is 11.8 Å². The van der Waals surface area contributed by atoms with Crippen molar-refractivity contribution in [3.63, 3.8) is 0 Å². The zero-order valence-electron chi connectivity index (χ0n) is 17.9. The van der Waals surface area contributed by atoms with Crippen molar-refractivity contribution in [3.05, 3.63) is 84.7 Å². The molecule has 150 valence electrons. The molecule has 0 aliphatic carbocycles. The molecule has 0 bridgehead atoms. The van der Waals surface area contributed by atoms with Crippen LogP contribution < -0.4 is 0 Å². The molecule has 0 amide bonds. The standard InChI is InChI=1S/C28H23N3/c1-17(2)20-12-13-23(22-11-7-6-10-21(20)22)26-28-27(30-16-29-26)24-14-18-8-4-5-9-19(18)15-25(24)31(28)3/h4-17H,1-3H3. The molecule has 0 atom stereocenters. The van der Waals surface area contributed by atoms with E-state index in [0.717, 1.165) is 22.3 Å². The van der Waals surface area contributed by atoms with Crippen molar-refractivity contribution in [1.29, 1.82) is 0 Å². The smallest absolute Gasteiger partial charge is 0.116 e. The van der Waals surface area contributed by atoms with Gasteiger partial charge in [-0.1, -0.05) is 74.5 Å². The maximum Gasteiger partial charge on any atom is 0.116 e. The van der Waals surface area contributed by atoms with E-state index in [1.807, 2.05) is 0 Å². The molecular weight excluding hydrogens is 378 g/mol. The van der Waals surface area contributed by atoms with Gasteiger partial charge in [0.15, 0.2) is 0 Å². The molecule has 0 N–H and O–H groups in total. The molecule has 0 fully saturated rings. The highest BCUT2D eigenvalue weighted by atomic mass is 15.0. The summed E-state index contributed by atoms with van der Waals surface area (Å²) in [6.07, 6.45) is 1.71. The van der Waals surface area contributed by atoms with E-state index >= 15 is 0 Å². The molecule has 0 radical (unpaired) electrons. The third-order valence-corrected chi connectivity index (χ3v) is 6.47. The summed E-state index contributed by atoms with van der Waals surface area (Å²) < 4.78 is 2.25. The van der Waals surface area contributed by atoms with Crippen LogP contribution in [0.15, 0.2) is 79.1 Å². The second kappa shape index (κ2) is 6.64. The predicted octanol–water partition coefficient (Wildman–Crippen LogP) is 7.22. The minimum absolute atomic E-state index is 0.467. The molecule has 3 heteroatoms. The van der Waals surface area contributed by atoms with Crippen LogP contribution in [0.5, 0.6) is 0 Å². The normalized spacial score (nSPS) is 12.0. The molecule has 2 heterocycles. The number of hydrogen-bond acceptors (Lipinski definition) is 2. The van der Waals surface area contributed by atoms with Gasteiger partial charge < -0.3 is 4.57 Å². The molecule has 31 heavy (non-hydrogen) atoms. The first-order valence-electron chi connectivity index (χ1n) is 10.8. The molecule has 0 saturated heterocycles. The summed E-state index contributed by atoms with van der Waals surface area (Å²) in [6.45, 7) is 4.50. The minimum atomic E-state index is 0.467. The van der Waals surface area contributed by atoms with Crippen molar-refractivity contribution in [2.75, 3.05) is 0 Å². The average molecular weight is 402 g/mol. The van der Waals surface area contributed by atoms with Crippen molar-refractivity contribution < 1.29 is 0 Å². The second-order valence-corrected chi connectivity index (χ2v) is 8.60. The molecule has 3 nitrogen and oxygen atoms in total. The maximum atomic E-state index is 4.80. The van der Waals surface area contributed by atoms with Gasteiger partial charge in [-0.05, 0) is 45.2 Å². The van der Waals surface area contributed by atoms with Gasteiger partial charge in [-0.2, -0.15) is 0 Å². The van der Waals surface area contributed by atoms with Gasteiger partial charge in [-0.3, -0.25) is 0 Å². The molecule has 2 aromatic heterocycles. The fraction of sp³-hybridized carbons (Fsp3) is 0.143. The van der Waals surface area contributed by atoms with Gasteiger partial charge in [0, 0.05) is 18.0 Å². The van der Waals surface area contributed by atoms with Crippen molar-refractivity contribution in [1.82, 2.24) is 14.5 Å². The van der Waals surface area contributed by atoms with E-state index in [9.17, 15) is 0 Å². The molecule has 0 spiro atoms. The lowest BCUT2D eigenvalue weighted by molar-refractivity contribution is 0.876. The quantitative estimate of drug-likeness (QED) is 0.307. The SMILES string of the molecule is CC(C)c1ccc(-c2ncnc3c4cc5ccccc5cc4n(C)c23)c2ccccc12. The lowest BCUT2D eigenvalue weighted by Crippen LogP contribution is -1.96. The van der Waals surface area contributed by atoms with E-state index in [1.165, 1.54) is 38.0 Å². The fourth-order valence-corrected chi connectivity index (χ4v) is 4.94. The first-order valence-corrected chi connectivity index (χ1v) is 10.8. The minimum Gasteiger partial charge on any atom is -0.340 e. The molecule has 0 aliphatic heterocycles. The van der Waals surface area contributed by atoms with Gasteiger partial charge in [0.25, 0.3) is 0 Å². The summed E-state index contributed by atoms with van der Waals surface area (Å²) in [5.41, 5.74) is 6.77. The number of nitrogens with zero attached hydrogens (tertiary/aromatic N) is 3. The van der Waals surface area contributed by atoms with Crippen LogP contribution in [0.2, 0.25) is 0 Å². The number of rotatable bonds is 2. The van der Waals surface area contributed by atoms with Crippen LogP contribution in [0.3, 0.4) is 0 Å². The van der Waals surface area contributed by atoms with Crippen molar-refractivity contribution in [2.45, 2.75) is 19.8 Å². The van der Waals surface area contributed by atoms with Crippen LogP contribution in [0, 0.1) is 0 Å². The van der Waals surface area contributed by atoms with Crippen LogP contribution in [-0.4, -0.2) is 14.5 Å². The third-order valence-electron chi connectivity index (χ3n) is 6.47. The van der Waals surface area contributed by atoms with Crippen molar-refractivity contribution >= 4 is 43.5 Å². The molecular formula is C28H23N3. The van der Waals surface area contributed by atoms with Gasteiger partial charge >= 0.3 is 0 Å². The molecule has 0 unspecified atom stereocenters. The average Bonchev–Trinajstić information content (AvgIpc) is 3.08. The second-order valence-electron chi connectivity index (χ2n) is 8.60. The Bertz CT molecular complexity index is 1620. The highest BCUT2D eigenvalue weighted by Crippen LogP contribution is 2.38. The number of hydrogen-bond donors (Lipinski definition) is 0. The number of benzene rings is 4. The fourth-order valence-electron chi connectivity index (χ4n) is 4.94. The van der Waals surface area contributed by atoms with Crippen LogP contribution >= 0.6 is 0 Å². The lowest BCUT2D eigenvalue weighted by atomic mass is 9.92. The summed E-state index contributed by atoms with van der Waals surface area (Å²) in [4.78, 5) is 9.51. The van der Waals surface area contributed by atoms with Crippen LogP contribution in [0.25, 0.3) is 54.7 Å². The van der Waals surface area contributed by atoms with E-state index in [-0.39, 0.29) is 0 Å². The van der Waals surface area contributed by atoms with Crippen LogP contribution in [-0.2, 0) is 7.05 Å². The summed E-state index contributed by atoms with van der Waals surface area (Å²) >= 11 is 0. The first-order chi connectivity index (χ1) is 15.1. The zero-order chi connectivity index (χ0) is 21.1. The monoisotopic (exact) mass is 401 g/mol. The topological polar surface area (TPSA) is 30.7 Å². The predicted molar refractivity (Wildman–Crippen MR) is 131 cm³/mol. The highest BCUT2D eigenvalue weighted by molar-refractivity contribution is 6.15. The zero-order valence-corrected chi connectivity index (χ0v) is 17.9. The van der Waals surface area contributed by atoms with E-state index in [2.05, 4.69) is 98.3 Å².